The van der Waals surface area contributed by atoms with Crippen molar-refractivity contribution in [3.05, 3.63) is 46.4 Å². The lowest BCUT2D eigenvalue weighted by Gasteiger charge is -2.11. The number of rotatable bonds is 5. The molecule has 7 heteroatoms. The monoisotopic (exact) mass is 408 g/mol. The van der Waals surface area contributed by atoms with Gasteiger partial charge in [0.15, 0.2) is 16.6 Å². The third-order valence-electron chi connectivity index (χ3n) is 3.55. The van der Waals surface area contributed by atoms with Crippen molar-refractivity contribution in [2.75, 3.05) is 25.8 Å². The van der Waals surface area contributed by atoms with E-state index in [1.54, 1.807) is 7.11 Å². The van der Waals surface area contributed by atoms with Crippen LogP contribution in [0, 0.1) is 0 Å². The van der Waals surface area contributed by atoms with Gasteiger partial charge < -0.3 is 24.8 Å². The maximum Gasteiger partial charge on any atom is 0.231 e. The number of halogens is 1. The van der Waals surface area contributed by atoms with E-state index in [0.717, 1.165) is 40.4 Å². The van der Waals surface area contributed by atoms with Crippen LogP contribution in [-0.2, 0) is 6.42 Å². The summed E-state index contributed by atoms with van der Waals surface area (Å²) in [7, 11) is 1.65. The van der Waals surface area contributed by atoms with Gasteiger partial charge in [-0.15, -0.1) is 0 Å². The molecule has 0 atom stereocenters. The molecule has 0 unspecified atom stereocenters. The van der Waals surface area contributed by atoms with Gasteiger partial charge in [0.1, 0.15) is 5.75 Å². The van der Waals surface area contributed by atoms with Crippen molar-refractivity contribution in [3.63, 3.8) is 0 Å². The second kappa shape index (κ2) is 7.72. The fraction of sp³-hybridized carbons (Fsp3) is 0.235. The number of anilines is 1. The minimum absolute atomic E-state index is 0.263. The summed E-state index contributed by atoms with van der Waals surface area (Å²) >= 11 is 8.81. The molecule has 1 aliphatic heterocycles. The van der Waals surface area contributed by atoms with E-state index in [0.29, 0.717) is 5.11 Å². The van der Waals surface area contributed by atoms with Crippen molar-refractivity contribution >= 4 is 38.9 Å². The second-order valence-corrected chi connectivity index (χ2v) is 6.43. The van der Waals surface area contributed by atoms with Gasteiger partial charge in [0, 0.05) is 18.3 Å². The first-order valence-electron chi connectivity index (χ1n) is 7.42. The largest absolute Gasteiger partial charge is 0.496 e. The van der Waals surface area contributed by atoms with Crippen LogP contribution in [0.15, 0.2) is 40.9 Å². The Morgan fingerprint density at radius 3 is 2.83 bits per heavy atom. The van der Waals surface area contributed by atoms with E-state index in [-0.39, 0.29) is 6.79 Å². The first-order valence-corrected chi connectivity index (χ1v) is 8.63. The molecule has 0 bridgehead atoms. The molecule has 1 aliphatic rings. The van der Waals surface area contributed by atoms with E-state index in [1.165, 1.54) is 5.56 Å². The summed E-state index contributed by atoms with van der Waals surface area (Å²) in [4.78, 5) is 0. The molecule has 24 heavy (non-hydrogen) atoms. The van der Waals surface area contributed by atoms with Crippen molar-refractivity contribution in [1.29, 1.82) is 0 Å². The lowest BCUT2D eigenvalue weighted by atomic mass is 10.1. The van der Waals surface area contributed by atoms with Gasteiger partial charge in [0.05, 0.1) is 11.6 Å². The molecule has 0 aromatic heterocycles. The van der Waals surface area contributed by atoms with Crippen LogP contribution in [0.5, 0.6) is 17.2 Å². The zero-order valence-corrected chi connectivity index (χ0v) is 15.5. The van der Waals surface area contributed by atoms with Crippen LogP contribution in [0.3, 0.4) is 0 Å². The standard InChI is InChI=1S/C17H17BrN2O3S/c1-21-14-4-2-11(8-13(14)18)6-7-19-17(24)20-12-3-5-15-16(9-12)23-10-22-15/h2-5,8-9H,6-7,10H2,1H3,(H2,19,20,24). The van der Waals surface area contributed by atoms with Gasteiger partial charge in [-0.2, -0.15) is 0 Å². The van der Waals surface area contributed by atoms with Crippen molar-refractivity contribution in [2.24, 2.45) is 0 Å². The van der Waals surface area contributed by atoms with Gasteiger partial charge in [-0.3, -0.25) is 0 Å². The van der Waals surface area contributed by atoms with Gasteiger partial charge in [-0.25, -0.2) is 0 Å². The minimum Gasteiger partial charge on any atom is -0.496 e. The predicted molar refractivity (Wildman–Crippen MR) is 101 cm³/mol. The summed E-state index contributed by atoms with van der Waals surface area (Å²) < 4.78 is 16.8. The van der Waals surface area contributed by atoms with Crippen LogP contribution in [0.25, 0.3) is 0 Å². The normalized spacial score (nSPS) is 11.9. The van der Waals surface area contributed by atoms with Crippen molar-refractivity contribution in [1.82, 2.24) is 5.32 Å². The van der Waals surface area contributed by atoms with Gasteiger partial charge in [0.25, 0.3) is 0 Å². The fourth-order valence-electron chi connectivity index (χ4n) is 2.34. The first kappa shape index (κ1) is 16.9. The number of benzene rings is 2. The molecule has 2 aromatic rings. The van der Waals surface area contributed by atoms with Gasteiger partial charge in [-0.05, 0) is 64.4 Å². The first-order chi connectivity index (χ1) is 11.7. The maximum atomic E-state index is 5.35. The van der Waals surface area contributed by atoms with E-state index in [4.69, 9.17) is 26.4 Å². The average molecular weight is 409 g/mol. The highest BCUT2D eigenvalue weighted by Crippen LogP contribution is 2.34. The summed E-state index contributed by atoms with van der Waals surface area (Å²) in [6.45, 7) is 0.994. The molecule has 5 nitrogen and oxygen atoms in total. The van der Waals surface area contributed by atoms with E-state index in [1.807, 2.05) is 30.3 Å². The molecule has 2 N–H and O–H groups in total. The second-order valence-electron chi connectivity index (χ2n) is 5.17. The molecule has 3 rings (SSSR count). The Labute approximate surface area is 154 Å². The Morgan fingerprint density at radius 2 is 2.04 bits per heavy atom. The highest BCUT2D eigenvalue weighted by atomic mass is 79.9. The zero-order valence-electron chi connectivity index (χ0n) is 13.1. The molecule has 0 fully saturated rings. The summed E-state index contributed by atoms with van der Waals surface area (Å²) in [5, 5.41) is 6.91. The number of hydrogen-bond donors (Lipinski definition) is 2. The molecule has 1 heterocycles. The van der Waals surface area contributed by atoms with Crippen LogP contribution >= 0.6 is 28.1 Å². The molecule has 2 aromatic carbocycles. The zero-order chi connectivity index (χ0) is 16.9. The highest BCUT2D eigenvalue weighted by molar-refractivity contribution is 9.10. The third kappa shape index (κ3) is 4.10. The molecule has 0 radical (unpaired) electrons. The quantitative estimate of drug-likeness (QED) is 0.735. The molecule has 0 saturated carbocycles. The van der Waals surface area contributed by atoms with Gasteiger partial charge in [-0.1, -0.05) is 6.07 Å². The molecular formula is C17H17BrN2O3S. The van der Waals surface area contributed by atoms with Crippen LogP contribution in [-0.4, -0.2) is 25.6 Å². The lowest BCUT2D eigenvalue weighted by molar-refractivity contribution is 0.174. The van der Waals surface area contributed by atoms with E-state index in [9.17, 15) is 0 Å². The Kier molecular flexibility index (Phi) is 5.42. The maximum absolute atomic E-state index is 5.35. The predicted octanol–water partition coefficient (Wildman–Crippen LogP) is 3.72. The smallest absolute Gasteiger partial charge is 0.231 e. The van der Waals surface area contributed by atoms with E-state index >= 15 is 0 Å². The van der Waals surface area contributed by atoms with Crippen LogP contribution in [0.2, 0.25) is 0 Å². The molecule has 0 saturated heterocycles. The Bertz CT molecular complexity index is 755. The topological polar surface area (TPSA) is 51.8 Å². The van der Waals surface area contributed by atoms with Gasteiger partial charge >= 0.3 is 0 Å². The Balaban J connectivity index is 1.48. The molecule has 0 spiro atoms. The number of hydrogen-bond acceptors (Lipinski definition) is 4. The number of nitrogens with one attached hydrogen (secondary N) is 2. The van der Waals surface area contributed by atoms with Crippen LogP contribution in [0.1, 0.15) is 5.56 Å². The lowest BCUT2D eigenvalue weighted by Crippen LogP contribution is -2.30. The molecule has 0 aliphatic carbocycles. The summed E-state index contributed by atoms with van der Waals surface area (Å²) in [6.07, 6.45) is 0.853. The molecule has 0 amide bonds. The molecule has 126 valence electrons. The number of ether oxygens (including phenoxy) is 3. The minimum atomic E-state index is 0.263. The number of methoxy groups -OCH3 is 1. The van der Waals surface area contributed by atoms with Crippen LogP contribution < -0.4 is 24.8 Å². The molecular weight excluding hydrogens is 392 g/mol. The fourth-order valence-corrected chi connectivity index (χ4v) is 3.14. The highest BCUT2D eigenvalue weighted by Gasteiger charge is 2.13. The van der Waals surface area contributed by atoms with Gasteiger partial charge in [0.2, 0.25) is 6.79 Å². The van der Waals surface area contributed by atoms with Crippen molar-refractivity contribution < 1.29 is 14.2 Å². The average Bonchev–Trinajstić information content (AvgIpc) is 3.02. The van der Waals surface area contributed by atoms with E-state index in [2.05, 4.69) is 32.6 Å². The summed E-state index contributed by atoms with van der Waals surface area (Å²) in [5.41, 5.74) is 2.06. The summed E-state index contributed by atoms with van der Waals surface area (Å²) in [5.74, 6) is 2.31. The SMILES string of the molecule is COc1ccc(CCNC(=S)Nc2ccc3c(c2)OCO3)cc1Br. The number of thiocarbonyl (C=S) groups is 1. The van der Waals surface area contributed by atoms with Crippen molar-refractivity contribution in [3.8, 4) is 17.2 Å². The van der Waals surface area contributed by atoms with Crippen molar-refractivity contribution in [2.45, 2.75) is 6.42 Å². The third-order valence-corrected chi connectivity index (χ3v) is 4.41. The van der Waals surface area contributed by atoms with Crippen LogP contribution in [0.4, 0.5) is 5.69 Å². The van der Waals surface area contributed by atoms with E-state index < -0.39 is 0 Å². The Morgan fingerprint density at radius 1 is 1.21 bits per heavy atom. The summed E-state index contributed by atoms with van der Waals surface area (Å²) in [6, 6.07) is 11.7. The number of fused-ring (bicyclic) bond motifs is 1. The Hall–Kier alpha value is -1.99.